The van der Waals surface area contributed by atoms with Gasteiger partial charge in [0, 0.05) is 25.7 Å². The number of carbonyl (C=O) groups excluding carboxylic acids is 1. The van der Waals surface area contributed by atoms with Crippen molar-refractivity contribution in [2.24, 2.45) is 0 Å². The normalized spacial score (nSPS) is 10.5. The van der Waals surface area contributed by atoms with Crippen molar-refractivity contribution in [2.45, 2.75) is 46.3 Å². The molecule has 1 rings (SSSR count). The topological polar surface area (TPSA) is 56.2 Å². The molecule has 0 spiro atoms. The highest BCUT2D eigenvalue weighted by atomic mass is 16.6. The zero-order valence-corrected chi connectivity index (χ0v) is 12.0. The lowest BCUT2D eigenvalue weighted by Crippen LogP contribution is -2.32. The van der Waals surface area contributed by atoms with E-state index >= 15 is 0 Å². The van der Waals surface area contributed by atoms with Crippen LogP contribution in [-0.2, 0) is 11.3 Å². The summed E-state index contributed by atoms with van der Waals surface area (Å²) in [5, 5.41) is 6.78. The number of aromatic nitrogens is 2. The summed E-state index contributed by atoms with van der Waals surface area (Å²) < 4.78 is 6.93. The molecule has 1 N–H and O–H groups in total. The summed E-state index contributed by atoms with van der Waals surface area (Å²) in [6.45, 7) is 8.83. The summed E-state index contributed by atoms with van der Waals surface area (Å²) in [6, 6.07) is 0. The average molecular weight is 263 g/mol. The van der Waals surface area contributed by atoms with Crippen LogP contribution in [0.2, 0.25) is 0 Å². The SMILES string of the molecule is CCn1cc(C#CCCNC(=O)OC(C)(C)C)cn1. The first-order chi connectivity index (χ1) is 8.90. The first kappa shape index (κ1) is 15.1. The van der Waals surface area contributed by atoms with Gasteiger partial charge < -0.3 is 10.1 Å². The fourth-order valence-electron chi connectivity index (χ4n) is 1.31. The van der Waals surface area contributed by atoms with E-state index in [1.807, 2.05) is 38.6 Å². The van der Waals surface area contributed by atoms with Crippen molar-refractivity contribution < 1.29 is 9.53 Å². The number of alkyl carbamates (subject to hydrolysis) is 1. The van der Waals surface area contributed by atoms with Crippen molar-refractivity contribution in [3.8, 4) is 11.8 Å². The molecule has 0 bridgehead atoms. The molecule has 0 aromatic carbocycles. The van der Waals surface area contributed by atoms with Crippen LogP contribution in [0.3, 0.4) is 0 Å². The molecule has 1 heterocycles. The number of ether oxygens (including phenoxy) is 1. The zero-order chi connectivity index (χ0) is 14.3. The maximum absolute atomic E-state index is 11.3. The lowest BCUT2D eigenvalue weighted by Gasteiger charge is -2.19. The first-order valence-electron chi connectivity index (χ1n) is 6.39. The maximum Gasteiger partial charge on any atom is 0.407 e. The summed E-state index contributed by atoms with van der Waals surface area (Å²) in [5.74, 6) is 5.98. The van der Waals surface area contributed by atoms with Crippen LogP contribution >= 0.6 is 0 Å². The Labute approximate surface area is 114 Å². The molecule has 0 aliphatic carbocycles. The summed E-state index contributed by atoms with van der Waals surface area (Å²) in [4.78, 5) is 11.3. The van der Waals surface area contributed by atoms with E-state index in [4.69, 9.17) is 4.74 Å². The number of rotatable bonds is 3. The predicted molar refractivity (Wildman–Crippen MR) is 73.6 cm³/mol. The van der Waals surface area contributed by atoms with E-state index in [9.17, 15) is 4.79 Å². The van der Waals surface area contributed by atoms with E-state index in [0.717, 1.165) is 12.1 Å². The summed E-state index contributed by atoms with van der Waals surface area (Å²) >= 11 is 0. The van der Waals surface area contributed by atoms with Crippen molar-refractivity contribution in [1.82, 2.24) is 15.1 Å². The Kier molecular flexibility index (Phi) is 5.43. The third-order valence-corrected chi connectivity index (χ3v) is 2.11. The smallest absolute Gasteiger partial charge is 0.407 e. The van der Waals surface area contributed by atoms with Gasteiger partial charge in [0.25, 0.3) is 0 Å². The Morgan fingerprint density at radius 1 is 1.53 bits per heavy atom. The van der Waals surface area contributed by atoms with Crippen LogP contribution in [0.4, 0.5) is 4.79 Å². The minimum Gasteiger partial charge on any atom is -0.444 e. The molecule has 1 amide bonds. The second-order valence-corrected chi connectivity index (χ2v) is 5.07. The van der Waals surface area contributed by atoms with Crippen molar-refractivity contribution in [1.29, 1.82) is 0 Å². The van der Waals surface area contributed by atoms with Gasteiger partial charge in [0.05, 0.1) is 11.8 Å². The third kappa shape index (κ3) is 6.51. The van der Waals surface area contributed by atoms with Gasteiger partial charge in [-0.25, -0.2) is 4.79 Å². The number of nitrogens with one attached hydrogen (secondary N) is 1. The highest BCUT2D eigenvalue weighted by Gasteiger charge is 2.15. The third-order valence-electron chi connectivity index (χ3n) is 2.11. The van der Waals surface area contributed by atoms with Crippen molar-refractivity contribution in [2.75, 3.05) is 6.54 Å². The Morgan fingerprint density at radius 3 is 2.84 bits per heavy atom. The van der Waals surface area contributed by atoms with Crippen LogP contribution in [0.5, 0.6) is 0 Å². The molecule has 0 fully saturated rings. The highest BCUT2D eigenvalue weighted by molar-refractivity contribution is 5.67. The number of carbonyl (C=O) groups is 1. The van der Waals surface area contributed by atoms with Crippen molar-refractivity contribution in [3.05, 3.63) is 18.0 Å². The Hall–Kier alpha value is -1.96. The van der Waals surface area contributed by atoms with Crippen LogP contribution in [0.1, 0.15) is 39.7 Å². The molecule has 5 heteroatoms. The Bertz CT molecular complexity index is 475. The lowest BCUT2D eigenvalue weighted by molar-refractivity contribution is 0.0529. The van der Waals surface area contributed by atoms with E-state index in [-0.39, 0.29) is 0 Å². The summed E-state index contributed by atoms with van der Waals surface area (Å²) in [6.07, 6.45) is 3.80. The van der Waals surface area contributed by atoms with E-state index in [2.05, 4.69) is 22.3 Å². The van der Waals surface area contributed by atoms with Crippen LogP contribution in [0.15, 0.2) is 12.4 Å². The molecule has 104 valence electrons. The number of amides is 1. The minimum absolute atomic E-state index is 0.409. The van der Waals surface area contributed by atoms with Gasteiger partial charge in [-0.05, 0) is 27.7 Å². The largest absolute Gasteiger partial charge is 0.444 e. The minimum atomic E-state index is -0.468. The number of aryl methyl sites for hydroxylation is 1. The van der Waals surface area contributed by atoms with Gasteiger partial charge in [-0.2, -0.15) is 5.10 Å². The van der Waals surface area contributed by atoms with Crippen molar-refractivity contribution >= 4 is 6.09 Å². The summed E-state index contributed by atoms with van der Waals surface area (Å²) in [7, 11) is 0. The quantitative estimate of drug-likeness (QED) is 0.671. The van der Waals surface area contributed by atoms with Gasteiger partial charge in [0.1, 0.15) is 5.60 Å². The van der Waals surface area contributed by atoms with Crippen LogP contribution in [0.25, 0.3) is 0 Å². The molecule has 0 aliphatic rings. The number of nitrogens with zero attached hydrogens (tertiary/aromatic N) is 2. The van der Waals surface area contributed by atoms with E-state index in [0.29, 0.717) is 13.0 Å². The van der Waals surface area contributed by atoms with Gasteiger partial charge in [-0.3, -0.25) is 4.68 Å². The van der Waals surface area contributed by atoms with Crippen LogP contribution in [-0.4, -0.2) is 28.0 Å². The number of hydrogen-bond donors (Lipinski definition) is 1. The molecule has 0 radical (unpaired) electrons. The molecule has 1 aromatic rings. The maximum atomic E-state index is 11.3. The predicted octanol–water partition coefficient (Wildman–Crippen LogP) is 2.17. The number of hydrogen-bond acceptors (Lipinski definition) is 3. The second kappa shape index (κ2) is 6.83. The zero-order valence-electron chi connectivity index (χ0n) is 12.0. The molecular formula is C14H21N3O2. The molecule has 0 unspecified atom stereocenters. The fraction of sp³-hybridized carbons (Fsp3) is 0.571. The lowest BCUT2D eigenvalue weighted by atomic mass is 10.2. The van der Waals surface area contributed by atoms with Crippen LogP contribution < -0.4 is 5.32 Å². The van der Waals surface area contributed by atoms with E-state index < -0.39 is 11.7 Å². The second-order valence-electron chi connectivity index (χ2n) is 5.07. The van der Waals surface area contributed by atoms with E-state index in [1.54, 1.807) is 6.20 Å². The molecule has 1 aromatic heterocycles. The van der Waals surface area contributed by atoms with Gasteiger partial charge in [0.2, 0.25) is 0 Å². The average Bonchev–Trinajstić information content (AvgIpc) is 2.74. The van der Waals surface area contributed by atoms with Crippen molar-refractivity contribution in [3.63, 3.8) is 0 Å². The standard InChI is InChI=1S/C14H21N3O2/c1-5-17-11-12(10-16-17)8-6-7-9-15-13(18)19-14(2,3)4/h10-11H,5,7,9H2,1-4H3,(H,15,18). The molecule has 0 saturated heterocycles. The Balaban J connectivity index is 2.26. The van der Waals surface area contributed by atoms with Crippen LogP contribution in [0, 0.1) is 11.8 Å². The van der Waals surface area contributed by atoms with Gasteiger partial charge in [-0.15, -0.1) is 0 Å². The Morgan fingerprint density at radius 2 is 2.26 bits per heavy atom. The summed E-state index contributed by atoms with van der Waals surface area (Å²) in [5.41, 5.74) is 0.420. The van der Waals surface area contributed by atoms with Gasteiger partial charge >= 0.3 is 6.09 Å². The van der Waals surface area contributed by atoms with E-state index in [1.165, 1.54) is 0 Å². The molecule has 5 nitrogen and oxygen atoms in total. The fourth-order valence-corrected chi connectivity index (χ4v) is 1.31. The first-order valence-corrected chi connectivity index (χ1v) is 6.39. The molecule has 0 saturated carbocycles. The molecule has 0 aliphatic heterocycles. The highest BCUT2D eigenvalue weighted by Crippen LogP contribution is 2.06. The molecule has 19 heavy (non-hydrogen) atoms. The molecule has 0 atom stereocenters. The van der Waals surface area contributed by atoms with Gasteiger partial charge in [-0.1, -0.05) is 11.8 Å². The monoisotopic (exact) mass is 263 g/mol. The molecular weight excluding hydrogens is 242 g/mol. The van der Waals surface area contributed by atoms with Gasteiger partial charge in [0.15, 0.2) is 0 Å².